The summed E-state index contributed by atoms with van der Waals surface area (Å²) >= 11 is 0. The molecule has 0 unspecified atom stereocenters. The van der Waals surface area contributed by atoms with E-state index in [2.05, 4.69) is 5.32 Å². The summed E-state index contributed by atoms with van der Waals surface area (Å²) in [5.74, 6) is 1.18. The largest absolute Gasteiger partial charge is 0.486 e. The van der Waals surface area contributed by atoms with Gasteiger partial charge in [0.25, 0.3) is 0 Å². The molecule has 2 aliphatic rings. The number of ether oxygens (including phenoxy) is 2. The Morgan fingerprint density at radius 1 is 1.07 bits per heavy atom. The first-order valence-electron chi connectivity index (χ1n) is 9.04. The third-order valence-electron chi connectivity index (χ3n) is 4.63. The van der Waals surface area contributed by atoms with Crippen molar-refractivity contribution in [3.8, 4) is 11.5 Å². The van der Waals surface area contributed by atoms with Crippen molar-refractivity contribution < 1.29 is 19.1 Å². The maximum absolute atomic E-state index is 12.7. The van der Waals surface area contributed by atoms with E-state index in [1.165, 1.54) is 0 Å². The van der Waals surface area contributed by atoms with Crippen molar-refractivity contribution in [2.75, 3.05) is 44.3 Å². The summed E-state index contributed by atoms with van der Waals surface area (Å²) in [5.41, 5.74) is 0.750. The average Bonchev–Trinajstić information content (AvgIpc) is 3.32. The molecule has 0 spiro atoms. The second-order valence-electron chi connectivity index (χ2n) is 6.45. The van der Waals surface area contributed by atoms with Crippen molar-refractivity contribution >= 4 is 17.6 Å². The van der Waals surface area contributed by atoms with Crippen LogP contribution in [0.4, 0.5) is 10.5 Å². The Bertz CT molecular complexity index is 821. The summed E-state index contributed by atoms with van der Waals surface area (Å²) in [6.45, 7) is 3.37. The minimum Gasteiger partial charge on any atom is -0.486 e. The lowest BCUT2D eigenvalue weighted by Gasteiger charge is -2.22. The molecule has 2 aliphatic heterocycles. The van der Waals surface area contributed by atoms with Crippen LogP contribution in [0.5, 0.6) is 11.5 Å². The van der Waals surface area contributed by atoms with Crippen LogP contribution in [-0.2, 0) is 11.3 Å². The lowest BCUT2D eigenvalue weighted by molar-refractivity contribution is -0.121. The second-order valence-corrected chi connectivity index (χ2v) is 6.45. The number of nitrogens with one attached hydrogen (secondary N) is 1. The molecule has 0 bridgehead atoms. The predicted octanol–water partition coefficient (Wildman–Crippen LogP) is 1.32. The van der Waals surface area contributed by atoms with E-state index in [1.54, 1.807) is 9.80 Å². The molecule has 0 atom stereocenters. The highest BCUT2D eigenvalue weighted by atomic mass is 16.6. The highest BCUT2D eigenvalue weighted by molar-refractivity contribution is 5.96. The SMILES string of the molecule is O=C(CN1CCN(c2ccc3c(c2)OCCO3)C1=O)NCCn1cccc1. The smallest absolute Gasteiger partial charge is 0.325 e. The highest BCUT2D eigenvalue weighted by Crippen LogP contribution is 2.34. The molecule has 27 heavy (non-hydrogen) atoms. The Balaban J connectivity index is 1.31. The number of anilines is 1. The number of urea groups is 1. The van der Waals surface area contributed by atoms with E-state index in [-0.39, 0.29) is 18.5 Å². The zero-order valence-corrected chi connectivity index (χ0v) is 15.0. The van der Waals surface area contributed by atoms with Crippen molar-refractivity contribution in [1.82, 2.24) is 14.8 Å². The molecule has 8 heteroatoms. The first-order valence-corrected chi connectivity index (χ1v) is 9.04. The summed E-state index contributed by atoms with van der Waals surface area (Å²) in [4.78, 5) is 28.0. The summed E-state index contributed by atoms with van der Waals surface area (Å²) in [7, 11) is 0. The number of rotatable bonds is 6. The summed E-state index contributed by atoms with van der Waals surface area (Å²) < 4.78 is 13.1. The Morgan fingerprint density at radius 3 is 2.67 bits per heavy atom. The Hall–Kier alpha value is -3.16. The Kier molecular flexibility index (Phi) is 4.86. The van der Waals surface area contributed by atoms with Crippen LogP contribution < -0.4 is 19.7 Å². The molecular formula is C19H22N4O4. The van der Waals surface area contributed by atoms with Crippen LogP contribution in [0.15, 0.2) is 42.7 Å². The first kappa shape index (κ1) is 17.3. The first-order chi connectivity index (χ1) is 13.2. The molecule has 3 heterocycles. The fourth-order valence-corrected chi connectivity index (χ4v) is 3.24. The number of carbonyl (C=O) groups excluding carboxylic acids is 2. The molecule has 2 aromatic rings. The molecule has 0 saturated carbocycles. The molecule has 0 aliphatic carbocycles. The van der Waals surface area contributed by atoms with Gasteiger partial charge < -0.3 is 24.3 Å². The fraction of sp³-hybridized carbons (Fsp3) is 0.368. The number of carbonyl (C=O) groups is 2. The third kappa shape index (κ3) is 3.84. The molecule has 1 aromatic heterocycles. The van der Waals surface area contributed by atoms with E-state index < -0.39 is 0 Å². The van der Waals surface area contributed by atoms with Gasteiger partial charge in [-0.3, -0.25) is 9.69 Å². The number of hydrogen-bond donors (Lipinski definition) is 1. The standard InChI is InChI=1S/C19H22N4O4/c24-18(20-5-8-21-6-1-2-7-21)14-22-9-10-23(19(22)25)15-3-4-16-17(13-15)27-12-11-26-16/h1-4,6-7,13H,5,8-12,14H2,(H,20,24). The second kappa shape index (κ2) is 7.61. The van der Waals surface area contributed by atoms with Crippen molar-refractivity contribution in [3.05, 3.63) is 42.7 Å². The van der Waals surface area contributed by atoms with Gasteiger partial charge in [-0.05, 0) is 24.3 Å². The molecule has 1 N–H and O–H groups in total. The number of aromatic nitrogens is 1. The molecule has 142 valence electrons. The number of fused-ring (bicyclic) bond motifs is 1. The van der Waals surface area contributed by atoms with Crippen LogP contribution in [0.2, 0.25) is 0 Å². The normalized spacial score (nSPS) is 15.9. The van der Waals surface area contributed by atoms with Gasteiger partial charge in [-0.15, -0.1) is 0 Å². The minimum atomic E-state index is -0.174. The van der Waals surface area contributed by atoms with Crippen LogP contribution in [0.1, 0.15) is 0 Å². The molecule has 1 saturated heterocycles. The Labute approximate surface area is 157 Å². The van der Waals surface area contributed by atoms with Gasteiger partial charge in [-0.25, -0.2) is 4.79 Å². The number of hydrogen-bond acceptors (Lipinski definition) is 4. The van der Waals surface area contributed by atoms with E-state index in [1.807, 2.05) is 47.3 Å². The van der Waals surface area contributed by atoms with Crippen molar-refractivity contribution in [2.45, 2.75) is 6.54 Å². The summed E-state index contributed by atoms with van der Waals surface area (Å²) in [5, 5.41) is 2.86. The van der Waals surface area contributed by atoms with Gasteiger partial charge in [0, 0.05) is 50.3 Å². The predicted molar refractivity (Wildman–Crippen MR) is 99.2 cm³/mol. The van der Waals surface area contributed by atoms with Gasteiger partial charge in [0.05, 0.1) is 0 Å². The summed E-state index contributed by atoms with van der Waals surface area (Å²) in [6.07, 6.45) is 3.89. The third-order valence-corrected chi connectivity index (χ3v) is 4.63. The van der Waals surface area contributed by atoms with Crippen LogP contribution in [0.25, 0.3) is 0 Å². The summed E-state index contributed by atoms with van der Waals surface area (Å²) in [6, 6.07) is 9.17. The fourth-order valence-electron chi connectivity index (χ4n) is 3.24. The molecule has 3 amide bonds. The van der Waals surface area contributed by atoms with Gasteiger partial charge >= 0.3 is 6.03 Å². The number of benzene rings is 1. The van der Waals surface area contributed by atoms with E-state index in [9.17, 15) is 9.59 Å². The van der Waals surface area contributed by atoms with Gasteiger partial charge in [0.2, 0.25) is 5.91 Å². The highest BCUT2D eigenvalue weighted by Gasteiger charge is 2.31. The van der Waals surface area contributed by atoms with E-state index in [4.69, 9.17) is 9.47 Å². The molecule has 1 fully saturated rings. The minimum absolute atomic E-state index is 0.0611. The van der Waals surface area contributed by atoms with Gasteiger partial charge in [-0.2, -0.15) is 0 Å². The maximum Gasteiger partial charge on any atom is 0.325 e. The van der Waals surface area contributed by atoms with Gasteiger partial charge in [0.15, 0.2) is 11.5 Å². The van der Waals surface area contributed by atoms with Gasteiger partial charge in [-0.1, -0.05) is 0 Å². The van der Waals surface area contributed by atoms with Crippen LogP contribution in [0, 0.1) is 0 Å². The van der Waals surface area contributed by atoms with Crippen molar-refractivity contribution in [2.24, 2.45) is 0 Å². The topological polar surface area (TPSA) is 76.0 Å². The van der Waals surface area contributed by atoms with Crippen molar-refractivity contribution in [3.63, 3.8) is 0 Å². The van der Waals surface area contributed by atoms with E-state index >= 15 is 0 Å². The van der Waals surface area contributed by atoms with Crippen LogP contribution in [-0.4, -0.2) is 60.8 Å². The monoisotopic (exact) mass is 370 g/mol. The molecule has 4 rings (SSSR count). The average molecular weight is 370 g/mol. The van der Waals surface area contributed by atoms with Crippen LogP contribution in [0.3, 0.4) is 0 Å². The number of amides is 3. The Morgan fingerprint density at radius 2 is 1.85 bits per heavy atom. The lowest BCUT2D eigenvalue weighted by Crippen LogP contribution is -2.40. The van der Waals surface area contributed by atoms with Crippen molar-refractivity contribution in [1.29, 1.82) is 0 Å². The van der Waals surface area contributed by atoms with E-state index in [0.29, 0.717) is 50.9 Å². The quantitative estimate of drug-likeness (QED) is 0.832. The molecule has 0 radical (unpaired) electrons. The lowest BCUT2D eigenvalue weighted by atomic mass is 10.2. The zero-order chi connectivity index (χ0) is 18.6. The zero-order valence-electron chi connectivity index (χ0n) is 15.0. The maximum atomic E-state index is 12.7. The molecule has 8 nitrogen and oxygen atoms in total. The van der Waals surface area contributed by atoms with Gasteiger partial charge in [0.1, 0.15) is 19.8 Å². The number of nitrogens with zero attached hydrogens (tertiary/aromatic N) is 3. The van der Waals surface area contributed by atoms with E-state index in [0.717, 1.165) is 5.69 Å². The molecule has 1 aromatic carbocycles. The molecular weight excluding hydrogens is 348 g/mol. The van der Waals surface area contributed by atoms with Crippen LogP contribution >= 0.6 is 0 Å².